The molecule has 1 atom stereocenters. The van der Waals surface area contributed by atoms with E-state index in [0.29, 0.717) is 16.1 Å². The molecule has 0 bridgehead atoms. The molecule has 0 aliphatic heterocycles. The first-order valence-corrected chi connectivity index (χ1v) is 9.06. The molecule has 0 fully saturated rings. The van der Waals surface area contributed by atoms with Crippen LogP contribution in [-0.2, 0) is 9.84 Å². The minimum Gasteiger partial charge on any atom is -0.387 e. The van der Waals surface area contributed by atoms with Crippen molar-refractivity contribution in [2.45, 2.75) is 11.0 Å². The topological polar surface area (TPSA) is 83.5 Å². The van der Waals surface area contributed by atoms with Gasteiger partial charge in [-0.1, -0.05) is 23.7 Å². The average molecular weight is 354 g/mol. The van der Waals surface area contributed by atoms with Crippen molar-refractivity contribution < 1.29 is 18.3 Å². The summed E-state index contributed by atoms with van der Waals surface area (Å²) in [5.41, 5.74) is 0.961. The van der Waals surface area contributed by atoms with E-state index in [1.165, 1.54) is 24.3 Å². The van der Waals surface area contributed by atoms with E-state index in [-0.39, 0.29) is 11.4 Å². The number of sulfone groups is 1. The summed E-state index contributed by atoms with van der Waals surface area (Å²) in [6.07, 6.45) is 0.247. The SMILES string of the molecule is CS(=O)(=O)c1ccc(C(=O)NC[C@H](O)c2ccc(Cl)cc2)cc1. The third-order valence-electron chi connectivity index (χ3n) is 3.26. The monoisotopic (exact) mass is 353 g/mol. The second kappa shape index (κ2) is 7.12. The van der Waals surface area contributed by atoms with E-state index in [2.05, 4.69) is 5.32 Å². The van der Waals surface area contributed by atoms with Crippen LogP contribution in [0, 0.1) is 0 Å². The minimum atomic E-state index is -3.29. The van der Waals surface area contributed by atoms with Gasteiger partial charge in [0, 0.05) is 23.4 Å². The molecule has 2 aromatic carbocycles. The van der Waals surface area contributed by atoms with Crippen molar-refractivity contribution in [1.29, 1.82) is 0 Å². The smallest absolute Gasteiger partial charge is 0.251 e. The van der Waals surface area contributed by atoms with Crippen molar-refractivity contribution in [3.8, 4) is 0 Å². The molecule has 2 rings (SSSR count). The first-order chi connectivity index (χ1) is 10.8. The Balaban J connectivity index is 1.98. The molecule has 7 heteroatoms. The standard InChI is InChI=1S/C16H16ClNO4S/c1-23(21,22)14-8-4-12(5-9-14)16(20)18-10-15(19)11-2-6-13(17)7-3-11/h2-9,15,19H,10H2,1H3,(H,18,20)/t15-/m0/s1. The number of nitrogens with one attached hydrogen (secondary N) is 1. The summed E-state index contributed by atoms with van der Waals surface area (Å²) in [5, 5.41) is 13.2. The lowest BCUT2D eigenvalue weighted by Crippen LogP contribution is -2.28. The van der Waals surface area contributed by atoms with E-state index in [4.69, 9.17) is 11.6 Å². The molecule has 5 nitrogen and oxygen atoms in total. The van der Waals surface area contributed by atoms with E-state index in [1.54, 1.807) is 24.3 Å². The Kier molecular flexibility index (Phi) is 5.41. The maximum Gasteiger partial charge on any atom is 0.251 e. The zero-order valence-corrected chi connectivity index (χ0v) is 13.9. The van der Waals surface area contributed by atoms with Gasteiger partial charge in [0.15, 0.2) is 9.84 Å². The molecule has 0 heterocycles. The summed E-state index contributed by atoms with van der Waals surface area (Å²) in [6, 6.07) is 12.3. The highest BCUT2D eigenvalue weighted by Crippen LogP contribution is 2.16. The summed E-state index contributed by atoms with van der Waals surface area (Å²) < 4.78 is 22.7. The number of hydrogen-bond acceptors (Lipinski definition) is 4. The fourth-order valence-electron chi connectivity index (χ4n) is 1.95. The number of rotatable bonds is 5. The maximum atomic E-state index is 12.0. The van der Waals surface area contributed by atoms with Crippen LogP contribution in [0.2, 0.25) is 5.02 Å². The van der Waals surface area contributed by atoms with Crippen LogP contribution in [0.1, 0.15) is 22.0 Å². The fourth-order valence-corrected chi connectivity index (χ4v) is 2.70. The highest BCUT2D eigenvalue weighted by atomic mass is 35.5. The van der Waals surface area contributed by atoms with Gasteiger partial charge in [-0.05, 0) is 42.0 Å². The Hall–Kier alpha value is -1.89. The summed E-state index contributed by atoms with van der Waals surface area (Å²) in [7, 11) is -3.29. The van der Waals surface area contributed by atoms with Crippen LogP contribution in [0.25, 0.3) is 0 Å². The van der Waals surface area contributed by atoms with E-state index < -0.39 is 21.8 Å². The van der Waals surface area contributed by atoms with Gasteiger partial charge in [-0.3, -0.25) is 4.79 Å². The number of aliphatic hydroxyl groups is 1. The Morgan fingerprint density at radius 2 is 1.70 bits per heavy atom. The normalized spacial score (nSPS) is 12.7. The van der Waals surface area contributed by atoms with Gasteiger partial charge in [0.1, 0.15) is 0 Å². The van der Waals surface area contributed by atoms with Crippen LogP contribution in [0.5, 0.6) is 0 Å². The van der Waals surface area contributed by atoms with E-state index in [1.807, 2.05) is 0 Å². The first kappa shape index (κ1) is 17.5. The molecule has 2 aromatic rings. The second-order valence-corrected chi connectivity index (χ2v) is 7.53. The molecule has 0 saturated carbocycles. The number of benzene rings is 2. The molecular weight excluding hydrogens is 338 g/mol. The molecule has 2 N–H and O–H groups in total. The van der Waals surface area contributed by atoms with Gasteiger partial charge in [0.05, 0.1) is 11.0 Å². The van der Waals surface area contributed by atoms with Gasteiger partial charge >= 0.3 is 0 Å². The molecule has 23 heavy (non-hydrogen) atoms. The predicted molar refractivity (Wildman–Crippen MR) is 88.3 cm³/mol. The van der Waals surface area contributed by atoms with E-state index in [9.17, 15) is 18.3 Å². The minimum absolute atomic E-state index is 0.0360. The fraction of sp³-hybridized carbons (Fsp3) is 0.188. The third-order valence-corrected chi connectivity index (χ3v) is 4.64. The number of hydrogen-bond donors (Lipinski definition) is 2. The Morgan fingerprint density at radius 3 is 2.22 bits per heavy atom. The lowest BCUT2D eigenvalue weighted by molar-refractivity contribution is 0.0916. The second-order valence-electron chi connectivity index (χ2n) is 5.07. The molecule has 0 saturated heterocycles. The average Bonchev–Trinajstić information content (AvgIpc) is 2.52. The number of carbonyl (C=O) groups excluding carboxylic acids is 1. The van der Waals surface area contributed by atoms with Gasteiger partial charge < -0.3 is 10.4 Å². The van der Waals surface area contributed by atoms with Crippen molar-refractivity contribution in [3.63, 3.8) is 0 Å². The van der Waals surface area contributed by atoms with Crippen molar-refractivity contribution >= 4 is 27.3 Å². The highest BCUT2D eigenvalue weighted by Gasteiger charge is 2.12. The molecule has 0 aliphatic carbocycles. The molecule has 122 valence electrons. The summed E-state index contributed by atoms with van der Waals surface area (Å²) in [6.45, 7) is 0.0360. The first-order valence-electron chi connectivity index (χ1n) is 6.79. The Labute approximate surface area is 139 Å². The van der Waals surface area contributed by atoms with Gasteiger partial charge in [0.25, 0.3) is 5.91 Å². The van der Waals surface area contributed by atoms with Gasteiger partial charge in [-0.2, -0.15) is 0 Å². The summed E-state index contributed by atoms with van der Waals surface area (Å²) in [5.74, 6) is -0.391. The van der Waals surface area contributed by atoms with Crippen LogP contribution in [0.15, 0.2) is 53.4 Å². The molecule has 0 unspecified atom stereocenters. The number of carbonyl (C=O) groups is 1. The van der Waals surface area contributed by atoms with E-state index in [0.717, 1.165) is 6.26 Å². The van der Waals surface area contributed by atoms with Gasteiger partial charge in [-0.15, -0.1) is 0 Å². The Bertz CT molecular complexity index is 786. The molecule has 1 amide bonds. The van der Waals surface area contributed by atoms with Crippen LogP contribution in [-0.4, -0.2) is 32.2 Å². The van der Waals surface area contributed by atoms with Crippen LogP contribution >= 0.6 is 11.6 Å². The van der Waals surface area contributed by atoms with E-state index >= 15 is 0 Å². The van der Waals surface area contributed by atoms with Gasteiger partial charge in [-0.25, -0.2) is 8.42 Å². The lowest BCUT2D eigenvalue weighted by Gasteiger charge is -2.12. The van der Waals surface area contributed by atoms with Crippen molar-refractivity contribution in [1.82, 2.24) is 5.32 Å². The van der Waals surface area contributed by atoms with Crippen molar-refractivity contribution in [2.75, 3.05) is 12.8 Å². The predicted octanol–water partition coefficient (Wildman–Crippen LogP) is 2.21. The van der Waals surface area contributed by atoms with Crippen LogP contribution in [0.3, 0.4) is 0 Å². The largest absolute Gasteiger partial charge is 0.387 e. The van der Waals surface area contributed by atoms with Crippen LogP contribution in [0.4, 0.5) is 0 Å². The number of aliphatic hydroxyl groups excluding tert-OH is 1. The van der Waals surface area contributed by atoms with Gasteiger partial charge in [0.2, 0.25) is 0 Å². The molecule has 0 aromatic heterocycles. The molecule has 0 aliphatic rings. The maximum absolute atomic E-state index is 12.0. The Morgan fingerprint density at radius 1 is 1.13 bits per heavy atom. The molecular formula is C16H16ClNO4S. The number of halogens is 1. The zero-order valence-electron chi connectivity index (χ0n) is 12.4. The lowest BCUT2D eigenvalue weighted by atomic mass is 10.1. The quantitative estimate of drug-likeness (QED) is 0.863. The number of amides is 1. The zero-order chi connectivity index (χ0) is 17.0. The summed E-state index contributed by atoms with van der Waals surface area (Å²) in [4.78, 5) is 12.2. The highest BCUT2D eigenvalue weighted by molar-refractivity contribution is 7.90. The third kappa shape index (κ3) is 4.79. The molecule has 0 spiro atoms. The summed E-state index contributed by atoms with van der Waals surface area (Å²) >= 11 is 5.77. The van der Waals surface area contributed by atoms with Crippen molar-refractivity contribution in [3.05, 3.63) is 64.7 Å². The van der Waals surface area contributed by atoms with Crippen molar-refractivity contribution in [2.24, 2.45) is 0 Å². The molecule has 0 radical (unpaired) electrons. The van der Waals surface area contributed by atoms with Crippen LogP contribution < -0.4 is 5.32 Å².